The van der Waals surface area contributed by atoms with E-state index < -0.39 is 27.6 Å². The molecule has 21 heavy (non-hydrogen) atoms. The summed E-state index contributed by atoms with van der Waals surface area (Å²) in [7, 11) is -3.24. The van der Waals surface area contributed by atoms with Crippen LogP contribution in [0.5, 0.6) is 0 Å². The lowest BCUT2D eigenvalue weighted by atomic mass is 10.0. The molecule has 0 unspecified atom stereocenters. The van der Waals surface area contributed by atoms with Crippen molar-refractivity contribution in [2.75, 3.05) is 18.4 Å². The predicted octanol–water partition coefficient (Wildman–Crippen LogP) is 1.33. The summed E-state index contributed by atoms with van der Waals surface area (Å²) in [5, 5.41) is 2.18. The van der Waals surface area contributed by atoms with Crippen molar-refractivity contribution in [2.45, 2.75) is 18.1 Å². The van der Waals surface area contributed by atoms with Gasteiger partial charge in [-0.25, -0.2) is 17.2 Å². The monoisotopic (exact) mass is 316 g/mol. The van der Waals surface area contributed by atoms with Gasteiger partial charge in [0, 0.05) is 24.8 Å². The van der Waals surface area contributed by atoms with Crippen molar-refractivity contribution >= 4 is 21.6 Å². The van der Waals surface area contributed by atoms with Crippen molar-refractivity contribution in [3.8, 4) is 0 Å². The molecule has 114 valence electrons. The van der Waals surface area contributed by atoms with Crippen molar-refractivity contribution in [3.05, 3.63) is 29.8 Å². The normalized spacial score (nSPS) is 20.1. The minimum atomic E-state index is -3.24. The Morgan fingerprint density at radius 1 is 1.19 bits per heavy atom. The van der Waals surface area contributed by atoms with Crippen LogP contribution < -0.4 is 5.32 Å². The van der Waals surface area contributed by atoms with Gasteiger partial charge < -0.3 is 5.32 Å². The fourth-order valence-electron chi connectivity index (χ4n) is 2.21. The Morgan fingerprint density at radius 2 is 1.86 bits per heavy atom. The second kappa shape index (κ2) is 5.03. The van der Waals surface area contributed by atoms with E-state index in [1.165, 1.54) is 10.4 Å². The third-order valence-corrected chi connectivity index (χ3v) is 6.04. The molecule has 1 aromatic rings. The number of nitrogens with zero attached hydrogens (tertiary/aromatic N) is 1. The third kappa shape index (κ3) is 2.77. The lowest BCUT2D eigenvalue weighted by Crippen LogP contribution is -2.55. The first-order chi connectivity index (χ1) is 9.88. The lowest BCUT2D eigenvalue weighted by Gasteiger charge is -2.37. The number of hydrogen-bond donors (Lipinski definition) is 1. The van der Waals surface area contributed by atoms with Crippen molar-refractivity contribution in [1.29, 1.82) is 0 Å². The maximum absolute atomic E-state index is 13.0. The molecule has 1 aromatic carbocycles. The molecular formula is C13H14F2N2O3S. The van der Waals surface area contributed by atoms with Gasteiger partial charge >= 0.3 is 0 Å². The van der Waals surface area contributed by atoms with Crippen molar-refractivity contribution in [3.63, 3.8) is 0 Å². The highest BCUT2D eigenvalue weighted by atomic mass is 32.2. The maximum Gasteiger partial charge on any atom is 0.230 e. The van der Waals surface area contributed by atoms with E-state index in [1.807, 2.05) is 0 Å². The molecule has 0 bridgehead atoms. The fourth-order valence-corrected chi connectivity index (χ4v) is 4.14. The molecule has 1 aliphatic heterocycles. The number of nitrogens with one attached hydrogen (secondary N) is 1. The number of carbonyl (C=O) groups is 1. The molecule has 2 fully saturated rings. The first-order valence-corrected chi connectivity index (χ1v) is 8.13. The van der Waals surface area contributed by atoms with Gasteiger partial charge in [0.05, 0.1) is 11.2 Å². The van der Waals surface area contributed by atoms with Gasteiger partial charge in [0.2, 0.25) is 15.9 Å². The highest BCUT2D eigenvalue weighted by molar-refractivity contribution is 7.90. The van der Waals surface area contributed by atoms with E-state index in [0.29, 0.717) is 12.8 Å². The van der Waals surface area contributed by atoms with E-state index in [0.717, 1.165) is 12.1 Å². The Kier molecular flexibility index (Phi) is 3.45. The molecular weight excluding hydrogens is 302 g/mol. The van der Waals surface area contributed by atoms with Gasteiger partial charge in [-0.05, 0) is 25.0 Å². The quantitative estimate of drug-likeness (QED) is 0.911. The largest absolute Gasteiger partial charge is 0.326 e. The van der Waals surface area contributed by atoms with Crippen molar-refractivity contribution in [2.24, 2.45) is 5.92 Å². The van der Waals surface area contributed by atoms with Gasteiger partial charge in [0.15, 0.2) is 11.6 Å². The molecule has 0 radical (unpaired) electrons. The van der Waals surface area contributed by atoms with Gasteiger partial charge in [-0.3, -0.25) is 4.79 Å². The number of amides is 1. The Balaban J connectivity index is 1.57. The zero-order valence-electron chi connectivity index (χ0n) is 11.1. The van der Waals surface area contributed by atoms with Gasteiger partial charge in [0.1, 0.15) is 0 Å². The number of hydrogen-bond acceptors (Lipinski definition) is 3. The van der Waals surface area contributed by atoms with Gasteiger partial charge in [-0.15, -0.1) is 0 Å². The van der Waals surface area contributed by atoms with Gasteiger partial charge in [-0.2, -0.15) is 4.31 Å². The Labute approximate surface area is 121 Å². The first-order valence-electron chi connectivity index (χ1n) is 6.63. The van der Waals surface area contributed by atoms with E-state index in [-0.39, 0.29) is 29.9 Å². The maximum atomic E-state index is 13.0. The van der Waals surface area contributed by atoms with Crippen LogP contribution in [0.2, 0.25) is 0 Å². The van der Waals surface area contributed by atoms with E-state index in [1.54, 1.807) is 0 Å². The first kappa shape index (κ1) is 14.4. The molecule has 1 amide bonds. The van der Waals surface area contributed by atoms with Crippen LogP contribution >= 0.6 is 0 Å². The van der Waals surface area contributed by atoms with Crippen LogP contribution in [0.15, 0.2) is 18.2 Å². The molecule has 2 aliphatic rings. The molecule has 0 aromatic heterocycles. The molecule has 8 heteroatoms. The Morgan fingerprint density at radius 3 is 2.43 bits per heavy atom. The van der Waals surface area contributed by atoms with Crippen LogP contribution in [0.25, 0.3) is 0 Å². The number of sulfonamides is 1. The minimum absolute atomic E-state index is 0.147. The number of rotatable bonds is 4. The molecule has 5 nitrogen and oxygen atoms in total. The molecule has 1 aliphatic carbocycles. The zero-order chi connectivity index (χ0) is 15.2. The average Bonchev–Trinajstić information content (AvgIpc) is 3.15. The fraction of sp³-hybridized carbons (Fsp3) is 0.462. The highest BCUT2D eigenvalue weighted by Gasteiger charge is 2.46. The standard InChI is InChI=1S/C13H14F2N2O3S/c14-11-4-1-9(5-12(11)15)16-13(18)8-6-17(7-8)21(19,20)10-2-3-10/h1,4-5,8,10H,2-3,6-7H2,(H,16,18). The Hall–Kier alpha value is -1.54. The summed E-state index contributed by atoms with van der Waals surface area (Å²) in [5.41, 5.74) is 0.155. The number of carbonyl (C=O) groups excluding carboxylic acids is 1. The molecule has 1 saturated carbocycles. The van der Waals surface area contributed by atoms with Crippen LogP contribution in [0.3, 0.4) is 0 Å². The van der Waals surface area contributed by atoms with E-state index in [2.05, 4.69) is 5.32 Å². The molecule has 1 saturated heterocycles. The molecule has 1 N–H and O–H groups in total. The van der Waals surface area contributed by atoms with Crippen molar-refractivity contribution < 1.29 is 22.0 Å². The molecule has 0 spiro atoms. The summed E-state index contributed by atoms with van der Waals surface area (Å²) in [4.78, 5) is 11.9. The van der Waals surface area contributed by atoms with Gasteiger partial charge in [0.25, 0.3) is 0 Å². The van der Waals surface area contributed by atoms with Crippen LogP contribution in [-0.2, 0) is 14.8 Å². The second-order valence-corrected chi connectivity index (χ2v) is 7.59. The second-order valence-electron chi connectivity index (χ2n) is 5.38. The van der Waals surface area contributed by atoms with E-state index in [9.17, 15) is 22.0 Å². The van der Waals surface area contributed by atoms with Crippen LogP contribution in [0.4, 0.5) is 14.5 Å². The minimum Gasteiger partial charge on any atom is -0.326 e. The highest BCUT2D eigenvalue weighted by Crippen LogP contribution is 2.34. The number of anilines is 1. The van der Waals surface area contributed by atoms with E-state index in [4.69, 9.17) is 0 Å². The smallest absolute Gasteiger partial charge is 0.230 e. The van der Waals surface area contributed by atoms with Crippen LogP contribution in [0.1, 0.15) is 12.8 Å². The van der Waals surface area contributed by atoms with Gasteiger partial charge in [-0.1, -0.05) is 0 Å². The summed E-state index contributed by atoms with van der Waals surface area (Å²) in [6.07, 6.45) is 1.37. The zero-order valence-corrected chi connectivity index (χ0v) is 11.9. The lowest BCUT2D eigenvalue weighted by molar-refractivity contribution is -0.122. The van der Waals surface area contributed by atoms with Crippen LogP contribution in [0, 0.1) is 17.6 Å². The molecule has 3 rings (SSSR count). The summed E-state index contributed by atoms with van der Waals surface area (Å²) in [6, 6.07) is 3.08. The number of benzene rings is 1. The summed E-state index contributed by atoms with van der Waals surface area (Å²) < 4.78 is 50.9. The SMILES string of the molecule is O=C(Nc1ccc(F)c(F)c1)C1CN(S(=O)(=O)C2CC2)C1. The van der Waals surface area contributed by atoms with Crippen LogP contribution in [-0.4, -0.2) is 37.0 Å². The topological polar surface area (TPSA) is 66.5 Å². The molecule has 0 atom stereocenters. The average molecular weight is 316 g/mol. The molecule has 1 heterocycles. The van der Waals surface area contributed by atoms with Crippen molar-refractivity contribution in [1.82, 2.24) is 4.31 Å². The Bertz CT molecular complexity index is 683. The predicted molar refractivity (Wildman–Crippen MR) is 72.0 cm³/mol. The summed E-state index contributed by atoms with van der Waals surface area (Å²) in [6.45, 7) is 0.294. The van der Waals surface area contributed by atoms with E-state index >= 15 is 0 Å². The summed E-state index contributed by atoms with van der Waals surface area (Å²) in [5.74, 6) is -2.87. The third-order valence-electron chi connectivity index (χ3n) is 3.71. The summed E-state index contributed by atoms with van der Waals surface area (Å²) >= 11 is 0. The number of halogens is 2.